The SMILES string of the molecule is Cc1cc(Cl)ccc1NC(=O)CCNC(=O)c1ccc(C(C)(C)C)cc1. The second-order valence-corrected chi connectivity index (χ2v) is 7.78. The van der Waals surface area contributed by atoms with Crippen LogP contribution in [0.15, 0.2) is 42.5 Å². The molecule has 5 heteroatoms. The van der Waals surface area contributed by atoms with Gasteiger partial charge in [-0.25, -0.2) is 0 Å². The van der Waals surface area contributed by atoms with Crippen molar-refractivity contribution in [3.05, 3.63) is 64.2 Å². The molecular weight excluding hydrogens is 348 g/mol. The van der Waals surface area contributed by atoms with Crippen molar-refractivity contribution in [1.82, 2.24) is 5.32 Å². The van der Waals surface area contributed by atoms with E-state index < -0.39 is 0 Å². The van der Waals surface area contributed by atoms with Gasteiger partial charge in [-0.1, -0.05) is 44.5 Å². The lowest BCUT2D eigenvalue weighted by Gasteiger charge is -2.19. The number of carbonyl (C=O) groups is 2. The Bertz CT molecular complexity index is 793. The van der Waals surface area contributed by atoms with Gasteiger partial charge in [-0.2, -0.15) is 0 Å². The Hall–Kier alpha value is -2.33. The topological polar surface area (TPSA) is 58.2 Å². The van der Waals surface area contributed by atoms with Gasteiger partial charge in [0, 0.05) is 29.2 Å². The van der Waals surface area contributed by atoms with E-state index in [0.717, 1.165) is 11.3 Å². The molecule has 0 aliphatic rings. The molecule has 0 fully saturated rings. The predicted octanol–water partition coefficient (Wildman–Crippen LogP) is 4.70. The first-order valence-electron chi connectivity index (χ1n) is 8.61. The van der Waals surface area contributed by atoms with Crippen molar-refractivity contribution in [2.75, 3.05) is 11.9 Å². The number of anilines is 1. The largest absolute Gasteiger partial charge is 0.352 e. The summed E-state index contributed by atoms with van der Waals surface area (Å²) in [4.78, 5) is 24.2. The second kappa shape index (κ2) is 8.37. The molecule has 0 saturated carbocycles. The van der Waals surface area contributed by atoms with Crippen LogP contribution in [0.2, 0.25) is 5.02 Å². The summed E-state index contributed by atoms with van der Waals surface area (Å²) >= 11 is 5.90. The lowest BCUT2D eigenvalue weighted by Crippen LogP contribution is -2.27. The molecule has 0 aliphatic heterocycles. The van der Waals surface area contributed by atoms with Gasteiger partial charge in [-0.15, -0.1) is 0 Å². The van der Waals surface area contributed by atoms with Crippen LogP contribution < -0.4 is 10.6 Å². The number of halogens is 1. The van der Waals surface area contributed by atoms with Crippen LogP contribution in [-0.4, -0.2) is 18.4 Å². The highest BCUT2D eigenvalue weighted by atomic mass is 35.5. The highest BCUT2D eigenvalue weighted by molar-refractivity contribution is 6.30. The number of carbonyl (C=O) groups excluding carboxylic acids is 2. The van der Waals surface area contributed by atoms with Gasteiger partial charge in [-0.05, 0) is 53.8 Å². The highest BCUT2D eigenvalue weighted by Gasteiger charge is 2.14. The Kier molecular flexibility index (Phi) is 6.43. The molecule has 26 heavy (non-hydrogen) atoms. The third-order valence-corrected chi connectivity index (χ3v) is 4.35. The van der Waals surface area contributed by atoms with E-state index in [4.69, 9.17) is 11.6 Å². The number of amides is 2. The summed E-state index contributed by atoms with van der Waals surface area (Å²) in [6, 6.07) is 12.8. The standard InChI is InChI=1S/C21H25ClN2O2/c1-14-13-17(22)9-10-18(14)24-19(25)11-12-23-20(26)15-5-7-16(8-6-15)21(2,3)4/h5-10,13H,11-12H2,1-4H3,(H,23,26)(H,24,25). The summed E-state index contributed by atoms with van der Waals surface area (Å²) in [5.41, 5.74) is 3.43. The first-order valence-corrected chi connectivity index (χ1v) is 8.99. The Morgan fingerprint density at radius 3 is 2.27 bits per heavy atom. The van der Waals surface area contributed by atoms with Gasteiger partial charge in [-0.3, -0.25) is 9.59 Å². The Balaban J connectivity index is 1.83. The smallest absolute Gasteiger partial charge is 0.251 e. The Labute approximate surface area is 159 Å². The minimum Gasteiger partial charge on any atom is -0.352 e. The first-order chi connectivity index (χ1) is 12.2. The number of rotatable bonds is 5. The van der Waals surface area contributed by atoms with E-state index in [-0.39, 0.29) is 30.2 Å². The van der Waals surface area contributed by atoms with E-state index in [9.17, 15) is 9.59 Å². The van der Waals surface area contributed by atoms with Crippen LogP contribution in [0.4, 0.5) is 5.69 Å². The molecule has 2 amide bonds. The van der Waals surface area contributed by atoms with Crippen LogP contribution in [0.25, 0.3) is 0 Å². The summed E-state index contributed by atoms with van der Waals surface area (Å²) in [7, 11) is 0. The summed E-state index contributed by atoms with van der Waals surface area (Å²) in [6.45, 7) is 8.54. The Morgan fingerprint density at radius 1 is 1.04 bits per heavy atom. The van der Waals surface area contributed by atoms with E-state index in [1.165, 1.54) is 5.56 Å². The normalized spacial score (nSPS) is 11.1. The first kappa shape index (κ1) is 20.0. The molecule has 0 aliphatic carbocycles. The zero-order valence-electron chi connectivity index (χ0n) is 15.7. The fourth-order valence-corrected chi connectivity index (χ4v) is 2.72. The molecular formula is C21H25ClN2O2. The fraction of sp³-hybridized carbons (Fsp3) is 0.333. The molecule has 0 heterocycles. The molecule has 2 aromatic carbocycles. The maximum absolute atomic E-state index is 12.2. The molecule has 138 valence electrons. The molecule has 0 atom stereocenters. The van der Waals surface area contributed by atoms with Gasteiger partial charge in [0.15, 0.2) is 0 Å². The van der Waals surface area contributed by atoms with E-state index in [2.05, 4.69) is 31.4 Å². The minimum absolute atomic E-state index is 0.0485. The summed E-state index contributed by atoms with van der Waals surface area (Å²) in [5, 5.41) is 6.23. The second-order valence-electron chi connectivity index (χ2n) is 7.34. The van der Waals surface area contributed by atoms with Crippen LogP contribution in [0, 0.1) is 6.92 Å². The predicted molar refractivity (Wildman–Crippen MR) is 107 cm³/mol. The molecule has 4 nitrogen and oxygen atoms in total. The lowest BCUT2D eigenvalue weighted by atomic mass is 9.87. The lowest BCUT2D eigenvalue weighted by molar-refractivity contribution is -0.116. The fourth-order valence-electron chi connectivity index (χ4n) is 2.49. The zero-order chi connectivity index (χ0) is 19.3. The van der Waals surface area contributed by atoms with Crippen LogP contribution in [0.5, 0.6) is 0 Å². The molecule has 0 bridgehead atoms. The molecule has 2 rings (SSSR count). The average molecular weight is 373 g/mol. The number of hydrogen-bond acceptors (Lipinski definition) is 2. The van der Waals surface area contributed by atoms with Gasteiger partial charge >= 0.3 is 0 Å². The zero-order valence-corrected chi connectivity index (χ0v) is 16.4. The summed E-state index contributed by atoms with van der Waals surface area (Å²) in [5.74, 6) is -0.334. The number of benzene rings is 2. The van der Waals surface area contributed by atoms with Gasteiger partial charge in [0.25, 0.3) is 5.91 Å². The molecule has 2 N–H and O–H groups in total. The molecule has 0 saturated heterocycles. The minimum atomic E-state index is -0.180. The van der Waals surface area contributed by atoms with Crippen molar-refractivity contribution in [1.29, 1.82) is 0 Å². The summed E-state index contributed by atoms with van der Waals surface area (Å²) in [6.07, 6.45) is 0.202. The van der Waals surface area contributed by atoms with Crippen molar-refractivity contribution in [3.63, 3.8) is 0 Å². The molecule has 0 unspecified atom stereocenters. The highest BCUT2D eigenvalue weighted by Crippen LogP contribution is 2.22. The average Bonchev–Trinajstić information content (AvgIpc) is 2.56. The quantitative estimate of drug-likeness (QED) is 0.798. The van der Waals surface area contributed by atoms with Gasteiger partial charge in [0.2, 0.25) is 5.91 Å². The molecule has 2 aromatic rings. The number of aryl methyl sites for hydroxylation is 1. The van der Waals surface area contributed by atoms with Gasteiger partial charge in [0.1, 0.15) is 0 Å². The Morgan fingerprint density at radius 2 is 1.69 bits per heavy atom. The monoisotopic (exact) mass is 372 g/mol. The maximum Gasteiger partial charge on any atom is 0.251 e. The number of nitrogens with one attached hydrogen (secondary N) is 2. The van der Waals surface area contributed by atoms with Crippen molar-refractivity contribution < 1.29 is 9.59 Å². The third kappa shape index (κ3) is 5.60. The van der Waals surface area contributed by atoms with Crippen LogP contribution in [-0.2, 0) is 10.2 Å². The van der Waals surface area contributed by atoms with Gasteiger partial charge < -0.3 is 10.6 Å². The van der Waals surface area contributed by atoms with Crippen LogP contribution >= 0.6 is 11.6 Å². The molecule has 0 aromatic heterocycles. The molecule has 0 spiro atoms. The number of hydrogen-bond donors (Lipinski definition) is 2. The van der Waals surface area contributed by atoms with E-state index >= 15 is 0 Å². The van der Waals surface area contributed by atoms with Crippen LogP contribution in [0.3, 0.4) is 0 Å². The van der Waals surface area contributed by atoms with Gasteiger partial charge in [0.05, 0.1) is 0 Å². The van der Waals surface area contributed by atoms with Crippen molar-refractivity contribution in [2.45, 2.75) is 39.5 Å². The van der Waals surface area contributed by atoms with Crippen molar-refractivity contribution in [2.24, 2.45) is 0 Å². The summed E-state index contributed by atoms with van der Waals surface area (Å²) < 4.78 is 0. The van der Waals surface area contributed by atoms with Crippen molar-refractivity contribution in [3.8, 4) is 0 Å². The van der Waals surface area contributed by atoms with E-state index in [1.807, 2.05) is 31.2 Å². The molecule has 0 radical (unpaired) electrons. The van der Waals surface area contributed by atoms with E-state index in [0.29, 0.717) is 10.6 Å². The van der Waals surface area contributed by atoms with Crippen molar-refractivity contribution >= 4 is 29.1 Å². The third-order valence-electron chi connectivity index (χ3n) is 4.11. The maximum atomic E-state index is 12.2. The van der Waals surface area contributed by atoms with E-state index in [1.54, 1.807) is 18.2 Å². The van der Waals surface area contributed by atoms with Crippen LogP contribution in [0.1, 0.15) is 48.7 Å².